The number of aliphatic hydroxyl groups excluding tert-OH is 1. The fraction of sp³-hybridized carbons (Fsp3) is 0.286. The zero-order valence-corrected chi connectivity index (χ0v) is 22.2. The summed E-state index contributed by atoms with van der Waals surface area (Å²) in [4.78, 5) is 17.2. The Labute approximate surface area is 224 Å². The van der Waals surface area contributed by atoms with Gasteiger partial charge in [-0.15, -0.1) is 0 Å². The highest BCUT2D eigenvalue weighted by molar-refractivity contribution is 7.91. The first-order valence-electron chi connectivity index (χ1n) is 12.4. The number of nitrogens with one attached hydrogen (secondary N) is 1. The van der Waals surface area contributed by atoms with Gasteiger partial charge in [-0.05, 0) is 61.0 Å². The SMILES string of the molecule is CCn1c(Cc2ccc(C(F)(F)F)cc2)cc2cc(C(=O)N[C@H](CO)c3ccc(S(=O)(=O)CC)cn3)ccc21. The van der Waals surface area contributed by atoms with E-state index in [0.717, 1.165) is 34.3 Å². The van der Waals surface area contributed by atoms with Crippen molar-refractivity contribution in [1.29, 1.82) is 0 Å². The third-order valence-corrected chi connectivity index (χ3v) is 8.30. The van der Waals surface area contributed by atoms with Crippen LogP contribution < -0.4 is 5.32 Å². The molecule has 0 saturated heterocycles. The molecule has 0 fully saturated rings. The van der Waals surface area contributed by atoms with Crippen LogP contribution in [0.1, 0.15) is 52.8 Å². The van der Waals surface area contributed by atoms with Crippen LogP contribution in [0.4, 0.5) is 13.2 Å². The van der Waals surface area contributed by atoms with Gasteiger partial charge in [0.2, 0.25) is 0 Å². The van der Waals surface area contributed by atoms with Crippen LogP contribution >= 0.6 is 0 Å². The van der Waals surface area contributed by atoms with Crippen LogP contribution in [-0.2, 0) is 29.0 Å². The summed E-state index contributed by atoms with van der Waals surface area (Å²) >= 11 is 0. The average Bonchev–Trinajstić information content (AvgIpc) is 3.27. The number of pyridine rings is 1. The summed E-state index contributed by atoms with van der Waals surface area (Å²) in [5.74, 6) is -0.515. The second kappa shape index (κ2) is 11.2. The number of aryl methyl sites for hydroxylation is 1. The highest BCUT2D eigenvalue weighted by atomic mass is 32.2. The van der Waals surface area contributed by atoms with Gasteiger partial charge in [-0.25, -0.2) is 8.42 Å². The van der Waals surface area contributed by atoms with Crippen molar-refractivity contribution in [2.45, 2.75) is 43.9 Å². The number of aliphatic hydroxyl groups is 1. The van der Waals surface area contributed by atoms with Crippen LogP contribution in [0.2, 0.25) is 0 Å². The second-order valence-electron chi connectivity index (χ2n) is 9.06. The van der Waals surface area contributed by atoms with Crippen molar-refractivity contribution in [2.75, 3.05) is 12.4 Å². The second-order valence-corrected chi connectivity index (χ2v) is 11.3. The summed E-state index contributed by atoms with van der Waals surface area (Å²) in [6, 6.07) is 14.2. The Morgan fingerprint density at radius 1 is 1.05 bits per heavy atom. The van der Waals surface area contributed by atoms with Gasteiger partial charge in [-0.2, -0.15) is 13.2 Å². The Bertz CT molecular complexity index is 1580. The number of benzene rings is 2. The molecule has 0 radical (unpaired) electrons. The van der Waals surface area contributed by atoms with Crippen molar-refractivity contribution < 1.29 is 31.5 Å². The van der Waals surface area contributed by atoms with E-state index in [9.17, 15) is 31.5 Å². The van der Waals surface area contributed by atoms with Gasteiger partial charge in [-0.3, -0.25) is 9.78 Å². The topological polar surface area (TPSA) is 101 Å². The molecule has 206 valence electrons. The lowest BCUT2D eigenvalue weighted by atomic mass is 10.1. The standard InChI is InChI=1S/C28H28F3N3O4S/c1-3-34-22(13-18-5-8-21(9-6-18)28(29,30)31)15-20-14-19(7-12-26(20)34)27(36)33-25(17-35)24-11-10-23(16-32-24)39(37,38)4-2/h5-12,14-16,25,35H,3-4,13,17H2,1-2H3,(H,33,36)/t25-/m1/s1. The number of carbonyl (C=O) groups is 1. The van der Waals surface area contributed by atoms with Gasteiger partial charge in [0.15, 0.2) is 9.84 Å². The Kier molecular flexibility index (Phi) is 8.12. The normalized spacial score (nSPS) is 13.0. The first kappa shape index (κ1) is 28.3. The molecule has 2 aromatic carbocycles. The lowest BCUT2D eigenvalue weighted by Crippen LogP contribution is -2.31. The van der Waals surface area contributed by atoms with Crippen LogP contribution in [0.25, 0.3) is 10.9 Å². The summed E-state index contributed by atoms with van der Waals surface area (Å²) in [6.45, 7) is 3.69. The summed E-state index contributed by atoms with van der Waals surface area (Å²) < 4.78 is 64.8. The molecule has 0 spiro atoms. The molecule has 1 atom stereocenters. The molecule has 2 aromatic heterocycles. The number of amides is 1. The predicted octanol–water partition coefficient (Wildman–Crippen LogP) is 4.92. The van der Waals surface area contributed by atoms with Crippen LogP contribution in [-0.4, -0.2) is 41.3 Å². The number of fused-ring (bicyclic) bond motifs is 1. The first-order chi connectivity index (χ1) is 18.5. The van der Waals surface area contributed by atoms with E-state index in [1.807, 2.05) is 17.6 Å². The lowest BCUT2D eigenvalue weighted by molar-refractivity contribution is -0.137. The highest BCUT2D eigenvalue weighted by Crippen LogP contribution is 2.30. The third-order valence-electron chi connectivity index (χ3n) is 6.58. The first-order valence-corrected chi connectivity index (χ1v) is 14.0. The monoisotopic (exact) mass is 559 g/mol. The summed E-state index contributed by atoms with van der Waals surface area (Å²) in [5, 5.41) is 13.4. The van der Waals surface area contributed by atoms with E-state index in [2.05, 4.69) is 10.3 Å². The van der Waals surface area contributed by atoms with Gasteiger partial charge in [0.05, 0.1) is 34.6 Å². The molecule has 39 heavy (non-hydrogen) atoms. The molecule has 11 heteroatoms. The number of aromatic nitrogens is 2. The smallest absolute Gasteiger partial charge is 0.394 e. The van der Waals surface area contributed by atoms with Crippen molar-refractivity contribution in [3.63, 3.8) is 0 Å². The van der Waals surface area contributed by atoms with E-state index in [4.69, 9.17) is 0 Å². The minimum atomic E-state index is -4.39. The quantitative estimate of drug-likeness (QED) is 0.303. The molecule has 4 aromatic rings. The van der Waals surface area contributed by atoms with E-state index < -0.39 is 40.1 Å². The van der Waals surface area contributed by atoms with E-state index >= 15 is 0 Å². The number of rotatable bonds is 9. The Morgan fingerprint density at radius 2 is 1.77 bits per heavy atom. The third kappa shape index (κ3) is 6.15. The van der Waals surface area contributed by atoms with Crippen molar-refractivity contribution in [3.8, 4) is 0 Å². The Balaban J connectivity index is 1.54. The molecule has 1 amide bonds. The van der Waals surface area contributed by atoms with Crippen LogP contribution in [0, 0.1) is 0 Å². The molecule has 0 aliphatic carbocycles. The molecular formula is C28H28F3N3O4S. The van der Waals surface area contributed by atoms with Crippen LogP contribution in [0.5, 0.6) is 0 Å². The van der Waals surface area contributed by atoms with Crippen molar-refractivity contribution in [1.82, 2.24) is 14.9 Å². The average molecular weight is 560 g/mol. The van der Waals surface area contributed by atoms with Gasteiger partial charge in [0.1, 0.15) is 0 Å². The van der Waals surface area contributed by atoms with Gasteiger partial charge in [0.25, 0.3) is 5.91 Å². The van der Waals surface area contributed by atoms with E-state index in [0.29, 0.717) is 24.2 Å². The van der Waals surface area contributed by atoms with E-state index in [1.165, 1.54) is 37.4 Å². The zero-order chi connectivity index (χ0) is 28.4. The maximum Gasteiger partial charge on any atom is 0.416 e. The largest absolute Gasteiger partial charge is 0.416 e. The summed E-state index contributed by atoms with van der Waals surface area (Å²) in [7, 11) is -3.43. The summed E-state index contributed by atoms with van der Waals surface area (Å²) in [5.41, 5.74) is 2.47. The lowest BCUT2D eigenvalue weighted by Gasteiger charge is -2.16. The fourth-order valence-electron chi connectivity index (χ4n) is 4.41. The minimum absolute atomic E-state index is 0.0646. The van der Waals surface area contributed by atoms with E-state index in [-0.39, 0.29) is 10.6 Å². The molecule has 0 aliphatic rings. The molecule has 2 N–H and O–H groups in total. The molecule has 0 unspecified atom stereocenters. The molecule has 4 rings (SSSR count). The number of nitrogens with zero attached hydrogens (tertiary/aromatic N) is 2. The predicted molar refractivity (Wildman–Crippen MR) is 141 cm³/mol. The maximum atomic E-state index is 13.0. The molecule has 0 saturated carbocycles. The molecule has 0 aliphatic heterocycles. The fourth-order valence-corrected chi connectivity index (χ4v) is 5.24. The van der Waals surface area contributed by atoms with Gasteiger partial charge in [0, 0.05) is 41.3 Å². The summed E-state index contributed by atoms with van der Waals surface area (Å²) in [6.07, 6.45) is -2.76. The van der Waals surface area contributed by atoms with Gasteiger partial charge < -0.3 is 15.0 Å². The molecule has 7 nitrogen and oxygen atoms in total. The van der Waals surface area contributed by atoms with Crippen LogP contribution in [0.15, 0.2) is 71.8 Å². The number of hydrogen-bond donors (Lipinski definition) is 2. The zero-order valence-electron chi connectivity index (χ0n) is 21.4. The molecule has 0 bridgehead atoms. The number of hydrogen-bond acceptors (Lipinski definition) is 5. The molecule has 2 heterocycles. The van der Waals surface area contributed by atoms with Gasteiger partial charge >= 0.3 is 6.18 Å². The number of alkyl halides is 3. The highest BCUT2D eigenvalue weighted by Gasteiger charge is 2.30. The minimum Gasteiger partial charge on any atom is -0.394 e. The van der Waals surface area contributed by atoms with Gasteiger partial charge in [-0.1, -0.05) is 19.1 Å². The molecular weight excluding hydrogens is 531 g/mol. The number of halogens is 3. The Hall–Kier alpha value is -3.70. The van der Waals surface area contributed by atoms with Crippen molar-refractivity contribution >= 4 is 26.6 Å². The van der Waals surface area contributed by atoms with Crippen molar-refractivity contribution in [2.24, 2.45) is 0 Å². The van der Waals surface area contributed by atoms with Crippen molar-refractivity contribution in [3.05, 3.63) is 94.9 Å². The number of carbonyl (C=O) groups excluding carboxylic acids is 1. The van der Waals surface area contributed by atoms with Crippen LogP contribution in [0.3, 0.4) is 0 Å². The Morgan fingerprint density at radius 3 is 2.33 bits per heavy atom. The maximum absolute atomic E-state index is 13.0. The number of sulfone groups is 1. The van der Waals surface area contributed by atoms with E-state index in [1.54, 1.807) is 18.2 Å².